The molecule has 0 nitrogen and oxygen atoms in total. The molecule has 0 aliphatic rings. The van der Waals surface area contributed by atoms with Crippen molar-refractivity contribution in [2.24, 2.45) is 0 Å². The standard InChI is InChI=1S/C6H5BF3I/c8-7(9)11(10)6-4-2-1-3-5-6/h1-5H. The number of halogens is 4. The third-order valence-electron chi connectivity index (χ3n) is 1.09. The molecule has 1 aromatic rings. The first kappa shape index (κ1) is 8.90. The summed E-state index contributed by atoms with van der Waals surface area (Å²) in [5.41, 5.74) is 0. The maximum atomic E-state index is 12.7. The molecule has 1 aromatic carbocycles. The Balaban J connectivity index is 2.77. The van der Waals surface area contributed by atoms with Crippen LogP contribution in [0.1, 0.15) is 0 Å². The van der Waals surface area contributed by atoms with E-state index in [2.05, 4.69) is 0 Å². The second-order valence-electron chi connectivity index (χ2n) is 1.81. The van der Waals surface area contributed by atoms with E-state index in [1.54, 1.807) is 18.2 Å². The van der Waals surface area contributed by atoms with Gasteiger partial charge in [-0.1, -0.05) is 0 Å². The first-order valence-electron chi connectivity index (χ1n) is 2.90. The Labute approximate surface area is 70.9 Å². The Morgan fingerprint density at radius 3 is 2.09 bits per heavy atom. The van der Waals surface area contributed by atoms with Crippen molar-refractivity contribution in [3.8, 4) is 0 Å². The topological polar surface area (TPSA) is 0 Å². The van der Waals surface area contributed by atoms with Crippen LogP contribution < -0.4 is 0 Å². The fourth-order valence-electron chi connectivity index (χ4n) is 0.630. The quantitative estimate of drug-likeness (QED) is 0.573. The number of rotatable bonds is 2. The van der Waals surface area contributed by atoms with Crippen LogP contribution >= 0.6 is 20.2 Å². The Hall–Kier alpha value is -0.195. The maximum absolute atomic E-state index is 12.7. The molecule has 0 aliphatic carbocycles. The van der Waals surface area contributed by atoms with Gasteiger partial charge in [0.15, 0.2) is 0 Å². The fourth-order valence-corrected chi connectivity index (χ4v) is 2.28. The first-order chi connectivity index (χ1) is 5.22. The monoisotopic (exact) mass is 272 g/mol. The molecular weight excluding hydrogens is 267 g/mol. The molecule has 0 amide bonds. The van der Waals surface area contributed by atoms with Gasteiger partial charge in [0.05, 0.1) is 0 Å². The van der Waals surface area contributed by atoms with Gasteiger partial charge in [0, 0.05) is 0 Å². The molecule has 0 aromatic heterocycles. The van der Waals surface area contributed by atoms with Crippen LogP contribution in [-0.2, 0) is 0 Å². The zero-order chi connectivity index (χ0) is 8.27. The summed E-state index contributed by atoms with van der Waals surface area (Å²) in [6.45, 7) is 0. The van der Waals surface area contributed by atoms with Gasteiger partial charge >= 0.3 is 70.7 Å². The Morgan fingerprint density at radius 2 is 1.64 bits per heavy atom. The summed E-state index contributed by atoms with van der Waals surface area (Å²) in [5.74, 6) is 0. The van der Waals surface area contributed by atoms with Crippen LogP contribution in [0.4, 0.5) is 11.5 Å². The van der Waals surface area contributed by atoms with Crippen molar-refractivity contribution in [3.05, 3.63) is 33.9 Å². The van der Waals surface area contributed by atoms with Gasteiger partial charge in [0.25, 0.3) is 0 Å². The van der Waals surface area contributed by atoms with Crippen LogP contribution in [0.3, 0.4) is 0 Å². The molecule has 0 N–H and O–H groups in total. The average Bonchev–Trinajstić information content (AvgIpc) is 2.05. The summed E-state index contributed by atoms with van der Waals surface area (Å²) in [6.07, 6.45) is 0. The first-order valence-corrected chi connectivity index (χ1v) is 6.04. The molecule has 0 atom stereocenters. The van der Waals surface area contributed by atoms with Crippen molar-refractivity contribution in [2.45, 2.75) is 0 Å². The molecule has 0 unspecified atom stereocenters. The van der Waals surface area contributed by atoms with E-state index in [0.717, 1.165) is 0 Å². The SMILES string of the molecule is FB(F)I(F)c1ccccc1. The van der Waals surface area contributed by atoms with Crippen LogP contribution in [0.15, 0.2) is 30.3 Å². The van der Waals surface area contributed by atoms with Crippen LogP contribution in [0, 0.1) is 3.57 Å². The molecule has 0 fully saturated rings. The van der Waals surface area contributed by atoms with E-state index in [1.165, 1.54) is 12.1 Å². The van der Waals surface area contributed by atoms with Gasteiger partial charge in [0.1, 0.15) is 0 Å². The normalized spacial score (nSPS) is 11.0. The van der Waals surface area contributed by atoms with Crippen LogP contribution in [-0.4, -0.2) is 5.12 Å². The molecule has 1 rings (SSSR count). The van der Waals surface area contributed by atoms with E-state index in [-0.39, 0.29) is 3.57 Å². The Kier molecular flexibility index (Phi) is 3.23. The molecule has 0 aliphatic heterocycles. The molecule has 60 valence electrons. The van der Waals surface area contributed by atoms with Gasteiger partial charge in [-0.15, -0.1) is 0 Å². The van der Waals surface area contributed by atoms with E-state index in [9.17, 15) is 11.5 Å². The fraction of sp³-hybridized carbons (Fsp3) is 0. The average molecular weight is 272 g/mol. The van der Waals surface area contributed by atoms with Crippen molar-refractivity contribution in [1.29, 1.82) is 0 Å². The van der Waals surface area contributed by atoms with E-state index in [4.69, 9.17) is 0 Å². The Bertz CT molecular complexity index is 216. The minimum atomic E-state index is -3.63. The molecule has 0 radical (unpaired) electrons. The third-order valence-corrected chi connectivity index (χ3v) is 3.82. The van der Waals surface area contributed by atoms with Crippen molar-refractivity contribution in [3.63, 3.8) is 0 Å². The van der Waals surface area contributed by atoms with Gasteiger partial charge in [-0.2, -0.15) is 0 Å². The number of hydrogen-bond acceptors (Lipinski definition) is 0. The van der Waals surface area contributed by atoms with Gasteiger partial charge < -0.3 is 0 Å². The molecule has 0 bridgehead atoms. The molecular formula is C6H5BF3I. The summed E-state index contributed by atoms with van der Waals surface area (Å²) in [6, 6.07) is 7.65. The molecule has 5 heteroatoms. The van der Waals surface area contributed by atoms with E-state index in [1.807, 2.05) is 0 Å². The number of hydrogen-bond donors (Lipinski definition) is 0. The minimum absolute atomic E-state index is 0.187. The van der Waals surface area contributed by atoms with Crippen LogP contribution in [0.25, 0.3) is 0 Å². The summed E-state index contributed by atoms with van der Waals surface area (Å²) < 4.78 is 36.5. The molecule has 0 saturated heterocycles. The van der Waals surface area contributed by atoms with Crippen molar-refractivity contribution in [2.75, 3.05) is 0 Å². The summed E-state index contributed by atoms with van der Waals surface area (Å²) >= 11 is -3.63. The summed E-state index contributed by atoms with van der Waals surface area (Å²) in [4.78, 5) is 0. The molecule has 0 heterocycles. The second-order valence-corrected chi connectivity index (χ2v) is 5.49. The number of benzene rings is 1. The molecule has 11 heavy (non-hydrogen) atoms. The van der Waals surface area contributed by atoms with Crippen molar-refractivity contribution in [1.82, 2.24) is 0 Å². The van der Waals surface area contributed by atoms with Gasteiger partial charge in [-0.05, 0) is 0 Å². The van der Waals surface area contributed by atoms with Crippen LogP contribution in [0.5, 0.6) is 0 Å². The van der Waals surface area contributed by atoms with E-state index in [0.29, 0.717) is 0 Å². The van der Waals surface area contributed by atoms with Crippen LogP contribution in [0.2, 0.25) is 0 Å². The van der Waals surface area contributed by atoms with Gasteiger partial charge in [-0.25, -0.2) is 0 Å². The van der Waals surface area contributed by atoms with Gasteiger partial charge in [-0.3, -0.25) is 0 Å². The van der Waals surface area contributed by atoms with E-state index < -0.39 is 25.3 Å². The van der Waals surface area contributed by atoms with Crippen molar-refractivity contribution < 1.29 is 11.5 Å². The van der Waals surface area contributed by atoms with E-state index >= 15 is 0 Å². The zero-order valence-electron chi connectivity index (χ0n) is 5.48. The molecule has 0 spiro atoms. The third kappa shape index (κ3) is 2.39. The molecule has 0 saturated carbocycles. The van der Waals surface area contributed by atoms with Crippen molar-refractivity contribution >= 4 is 25.3 Å². The predicted molar refractivity (Wildman–Crippen MR) is 48.2 cm³/mol. The summed E-state index contributed by atoms with van der Waals surface area (Å²) in [5, 5.41) is -2.78. The van der Waals surface area contributed by atoms with Gasteiger partial charge in [0.2, 0.25) is 0 Å². The zero-order valence-corrected chi connectivity index (χ0v) is 7.63. The summed E-state index contributed by atoms with van der Waals surface area (Å²) in [7, 11) is 0. The predicted octanol–water partition coefficient (Wildman–Crippen LogP) is 3.17. The second kappa shape index (κ2) is 3.99. The Morgan fingerprint density at radius 1 is 1.09 bits per heavy atom.